The van der Waals surface area contributed by atoms with Crippen LogP contribution in [0.1, 0.15) is 34.5 Å². The number of benzene rings is 1. The summed E-state index contributed by atoms with van der Waals surface area (Å²) < 4.78 is 5.32. The van der Waals surface area contributed by atoms with E-state index in [0.717, 1.165) is 48.2 Å². The third-order valence-corrected chi connectivity index (χ3v) is 4.14. The van der Waals surface area contributed by atoms with E-state index in [0.29, 0.717) is 0 Å². The lowest BCUT2D eigenvalue weighted by Crippen LogP contribution is -2.38. The summed E-state index contributed by atoms with van der Waals surface area (Å²) in [6.07, 6.45) is 1.79. The van der Waals surface area contributed by atoms with Gasteiger partial charge < -0.3 is 15.0 Å². The van der Waals surface area contributed by atoms with E-state index in [2.05, 4.69) is 23.3 Å². The molecule has 1 aromatic heterocycles. The molecular weight excluding hydrogens is 252 g/mol. The zero-order chi connectivity index (χ0) is 14.1. The SMILES string of the molecule is Cc1[nH]c2c(C(=O)NC3CCOCC3)cccc2c1C. The third kappa shape index (κ3) is 2.31. The second-order valence-corrected chi connectivity index (χ2v) is 5.46. The molecule has 0 radical (unpaired) electrons. The van der Waals surface area contributed by atoms with Gasteiger partial charge in [-0.2, -0.15) is 0 Å². The molecule has 0 spiro atoms. The number of aryl methyl sites for hydroxylation is 2. The lowest BCUT2D eigenvalue weighted by molar-refractivity contribution is 0.0697. The van der Waals surface area contributed by atoms with Crippen molar-refractivity contribution in [1.29, 1.82) is 0 Å². The first kappa shape index (κ1) is 13.2. The predicted molar refractivity (Wildman–Crippen MR) is 79.1 cm³/mol. The van der Waals surface area contributed by atoms with E-state index in [1.807, 2.05) is 19.1 Å². The Morgan fingerprint density at radius 2 is 2.05 bits per heavy atom. The molecule has 1 aliphatic rings. The van der Waals surface area contributed by atoms with Crippen LogP contribution in [-0.4, -0.2) is 30.1 Å². The summed E-state index contributed by atoms with van der Waals surface area (Å²) >= 11 is 0. The molecule has 1 aliphatic heterocycles. The second kappa shape index (κ2) is 5.29. The Morgan fingerprint density at radius 1 is 1.30 bits per heavy atom. The highest BCUT2D eigenvalue weighted by molar-refractivity contribution is 6.06. The maximum absolute atomic E-state index is 12.5. The van der Waals surface area contributed by atoms with Crippen molar-refractivity contribution in [3.05, 3.63) is 35.0 Å². The minimum Gasteiger partial charge on any atom is -0.381 e. The molecule has 1 amide bonds. The highest BCUT2D eigenvalue weighted by Crippen LogP contribution is 2.24. The summed E-state index contributed by atoms with van der Waals surface area (Å²) in [6.45, 7) is 5.58. The Bertz CT molecular complexity index is 639. The minimum atomic E-state index is 0.00347. The van der Waals surface area contributed by atoms with Crippen LogP contribution >= 0.6 is 0 Å². The minimum absolute atomic E-state index is 0.00347. The summed E-state index contributed by atoms with van der Waals surface area (Å²) in [6, 6.07) is 6.11. The molecule has 1 saturated heterocycles. The van der Waals surface area contributed by atoms with E-state index < -0.39 is 0 Å². The van der Waals surface area contributed by atoms with Gasteiger partial charge in [-0.05, 0) is 38.3 Å². The quantitative estimate of drug-likeness (QED) is 0.883. The number of carbonyl (C=O) groups excluding carboxylic acids is 1. The van der Waals surface area contributed by atoms with Crippen molar-refractivity contribution in [1.82, 2.24) is 10.3 Å². The van der Waals surface area contributed by atoms with Crippen molar-refractivity contribution < 1.29 is 9.53 Å². The molecule has 0 aliphatic carbocycles. The van der Waals surface area contributed by atoms with Crippen LogP contribution in [0.5, 0.6) is 0 Å². The van der Waals surface area contributed by atoms with E-state index in [9.17, 15) is 4.79 Å². The van der Waals surface area contributed by atoms with Gasteiger partial charge >= 0.3 is 0 Å². The molecule has 2 N–H and O–H groups in total. The first-order valence-corrected chi connectivity index (χ1v) is 7.13. The van der Waals surface area contributed by atoms with Gasteiger partial charge in [0.1, 0.15) is 0 Å². The molecule has 0 saturated carbocycles. The lowest BCUT2D eigenvalue weighted by atomic mass is 10.1. The number of aromatic amines is 1. The molecule has 2 heterocycles. The largest absolute Gasteiger partial charge is 0.381 e. The van der Waals surface area contributed by atoms with Crippen LogP contribution in [0.25, 0.3) is 10.9 Å². The van der Waals surface area contributed by atoms with Crippen LogP contribution in [0.4, 0.5) is 0 Å². The van der Waals surface area contributed by atoms with Gasteiger partial charge in [0.15, 0.2) is 0 Å². The van der Waals surface area contributed by atoms with Crippen LogP contribution < -0.4 is 5.32 Å². The van der Waals surface area contributed by atoms with Gasteiger partial charge in [-0.25, -0.2) is 0 Å². The molecule has 3 rings (SSSR count). The number of para-hydroxylation sites is 1. The van der Waals surface area contributed by atoms with Crippen molar-refractivity contribution in [2.24, 2.45) is 0 Å². The number of rotatable bonds is 2. The molecule has 2 aromatic rings. The number of aromatic nitrogens is 1. The monoisotopic (exact) mass is 272 g/mol. The van der Waals surface area contributed by atoms with Gasteiger partial charge in [-0.3, -0.25) is 4.79 Å². The van der Waals surface area contributed by atoms with E-state index in [1.54, 1.807) is 0 Å². The predicted octanol–water partition coefficient (Wildman–Crippen LogP) is 2.69. The first-order chi connectivity index (χ1) is 9.66. The molecule has 106 valence electrons. The van der Waals surface area contributed by atoms with Gasteiger partial charge in [0.25, 0.3) is 5.91 Å². The van der Waals surface area contributed by atoms with Crippen molar-refractivity contribution in [3.8, 4) is 0 Å². The van der Waals surface area contributed by atoms with Gasteiger partial charge in [0.05, 0.1) is 11.1 Å². The Labute approximate surface area is 118 Å². The summed E-state index contributed by atoms with van der Waals surface area (Å²) in [7, 11) is 0. The maximum atomic E-state index is 12.5. The van der Waals surface area contributed by atoms with Crippen molar-refractivity contribution in [2.45, 2.75) is 32.7 Å². The fourth-order valence-corrected chi connectivity index (χ4v) is 2.78. The van der Waals surface area contributed by atoms with Crippen LogP contribution in [0, 0.1) is 13.8 Å². The van der Waals surface area contributed by atoms with Gasteiger partial charge in [0.2, 0.25) is 0 Å². The molecule has 4 heteroatoms. The van der Waals surface area contributed by atoms with Crippen LogP contribution in [0.3, 0.4) is 0 Å². The summed E-state index contributed by atoms with van der Waals surface area (Å²) in [5.41, 5.74) is 3.99. The van der Waals surface area contributed by atoms with E-state index >= 15 is 0 Å². The molecular formula is C16H20N2O2. The number of fused-ring (bicyclic) bond motifs is 1. The topological polar surface area (TPSA) is 54.1 Å². The van der Waals surface area contributed by atoms with Crippen LogP contribution in [0.2, 0.25) is 0 Å². The van der Waals surface area contributed by atoms with Crippen LogP contribution in [-0.2, 0) is 4.74 Å². The van der Waals surface area contributed by atoms with Gasteiger partial charge in [-0.1, -0.05) is 12.1 Å². The zero-order valence-electron chi connectivity index (χ0n) is 12.0. The summed E-state index contributed by atoms with van der Waals surface area (Å²) in [4.78, 5) is 15.8. The number of hydrogen-bond acceptors (Lipinski definition) is 2. The fourth-order valence-electron chi connectivity index (χ4n) is 2.78. The molecule has 4 nitrogen and oxygen atoms in total. The Kier molecular flexibility index (Phi) is 3.49. The Balaban J connectivity index is 1.89. The van der Waals surface area contributed by atoms with Crippen molar-refractivity contribution >= 4 is 16.8 Å². The number of nitrogens with one attached hydrogen (secondary N) is 2. The standard InChI is InChI=1S/C16H20N2O2/c1-10-11(2)17-15-13(10)4-3-5-14(15)16(19)18-12-6-8-20-9-7-12/h3-5,12,17H,6-9H2,1-2H3,(H,18,19). The third-order valence-electron chi connectivity index (χ3n) is 4.14. The molecule has 0 bridgehead atoms. The number of hydrogen-bond donors (Lipinski definition) is 2. The fraction of sp³-hybridized carbons (Fsp3) is 0.438. The number of ether oxygens (including phenoxy) is 1. The number of H-pyrrole nitrogens is 1. The molecule has 0 unspecified atom stereocenters. The lowest BCUT2D eigenvalue weighted by Gasteiger charge is -2.23. The van der Waals surface area contributed by atoms with Gasteiger partial charge in [-0.15, -0.1) is 0 Å². The Morgan fingerprint density at radius 3 is 2.80 bits per heavy atom. The highest BCUT2D eigenvalue weighted by atomic mass is 16.5. The van der Waals surface area contributed by atoms with E-state index in [-0.39, 0.29) is 11.9 Å². The molecule has 1 fully saturated rings. The number of amides is 1. The average Bonchev–Trinajstić information content (AvgIpc) is 2.75. The van der Waals surface area contributed by atoms with E-state index in [1.165, 1.54) is 5.56 Å². The summed E-state index contributed by atoms with van der Waals surface area (Å²) in [5.74, 6) is 0.00347. The van der Waals surface area contributed by atoms with Crippen molar-refractivity contribution in [3.63, 3.8) is 0 Å². The highest BCUT2D eigenvalue weighted by Gasteiger charge is 2.19. The average molecular weight is 272 g/mol. The molecule has 1 aromatic carbocycles. The summed E-state index contributed by atoms with van der Waals surface area (Å²) in [5, 5.41) is 4.24. The van der Waals surface area contributed by atoms with Gasteiger partial charge in [0, 0.05) is 30.3 Å². The smallest absolute Gasteiger partial charge is 0.253 e. The Hall–Kier alpha value is -1.81. The normalized spacial score (nSPS) is 16.5. The molecule has 20 heavy (non-hydrogen) atoms. The van der Waals surface area contributed by atoms with Crippen LogP contribution in [0.15, 0.2) is 18.2 Å². The molecule has 0 atom stereocenters. The van der Waals surface area contributed by atoms with Crippen molar-refractivity contribution in [2.75, 3.05) is 13.2 Å². The number of carbonyl (C=O) groups is 1. The first-order valence-electron chi connectivity index (χ1n) is 7.13. The van der Waals surface area contributed by atoms with E-state index in [4.69, 9.17) is 4.74 Å². The zero-order valence-corrected chi connectivity index (χ0v) is 12.0. The second-order valence-electron chi connectivity index (χ2n) is 5.46. The maximum Gasteiger partial charge on any atom is 0.253 e.